The summed E-state index contributed by atoms with van der Waals surface area (Å²) >= 11 is 0. The summed E-state index contributed by atoms with van der Waals surface area (Å²) in [5, 5.41) is 2.52. The van der Waals surface area contributed by atoms with Gasteiger partial charge in [0, 0.05) is 38.6 Å². The minimum atomic E-state index is -0.172. The quantitative estimate of drug-likeness (QED) is 0.223. The summed E-state index contributed by atoms with van der Waals surface area (Å²) in [7, 11) is 0. The summed E-state index contributed by atoms with van der Waals surface area (Å²) in [6.07, 6.45) is 0. The molecule has 0 bridgehead atoms. The number of ether oxygens (including phenoxy) is 1. The number of para-hydroxylation sites is 4. The third-order valence-corrected chi connectivity index (χ3v) is 8.67. The smallest absolute Gasteiger partial charge is 0.131 e. The van der Waals surface area contributed by atoms with E-state index in [0.29, 0.717) is 0 Å². The Morgan fingerprint density at radius 2 is 1.17 bits per heavy atom. The number of rotatable bonds is 3. The number of hydrogen-bond acceptors (Lipinski definition) is 1. The Labute approximate surface area is 240 Å². The molecular weight excluding hydrogens is 498 g/mol. The SMILES string of the molecule is CC1(C)c2ccccc2Oc2ccc(-c3ccccc3-c3cccc4c5ccccc5n(-c5ccccc5)c34)cc21. The van der Waals surface area contributed by atoms with E-state index in [0.717, 1.165) is 17.2 Å². The molecule has 196 valence electrons. The monoisotopic (exact) mass is 527 g/mol. The van der Waals surface area contributed by atoms with Crippen LogP contribution in [0.5, 0.6) is 11.5 Å². The lowest BCUT2D eigenvalue weighted by atomic mass is 9.75. The van der Waals surface area contributed by atoms with Gasteiger partial charge in [0.2, 0.25) is 0 Å². The fourth-order valence-corrected chi connectivity index (χ4v) is 6.66. The van der Waals surface area contributed by atoms with Crippen molar-refractivity contribution in [3.8, 4) is 39.4 Å². The number of fused-ring (bicyclic) bond motifs is 5. The number of nitrogens with zero attached hydrogens (tertiary/aromatic N) is 1. The molecule has 7 aromatic rings. The average Bonchev–Trinajstić information content (AvgIpc) is 3.36. The van der Waals surface area contributed by atoms with Crippen LogP contribution in [0.4, 0.5) is 0 Å². The van der Waals surface area contributed by atoms with Crippen LogP contribution in [0.15, 0.2) is 140 Å². The van der Waals surface area contributed by atoms with Crippen LogP contribution in [0, 0.1) is 0 Å². The molecule has 1 aliphatic rings. The van der Waals surface area contributed by atoms with Crippen molar-refractivity contribution >= 4 is 21.8 Å². The lowest BCUT2D eigenvalue weighted by Gasteiger charge is -2.34. The maximum Gasteiger partial charge on any atom is 0.131 e. The lowest BCUT2D eigenvalue weighted by molar-refractivity contribution is 0.418. The van der Waals surface area contributed by atoms with Gasteiger partial charge in [-0.1, -0.05) is 117 Å². The van der Waals surface area contributed by atoms with E-state index in [2.05, 4.69) is 152 Å². The molecule has 0 saturated heterocycles. The molecule has 1 aliphatic heterocycles. The van der Waals surface area contributed by atoms with E-state index in [9.17, 15) is 0 Å². The second kappa shape index (κ2) is 8.97. The highest BCUT2D eigenvalue weighted by atomic mass is 16.5. The molecule has 0 unspecified atom stereocenters. The Hall–Kier alpha value is -5.08. The summed E-state index contributed by atoms with van der Waals surface area (Å²) in [4.78, 5) is 0. The molecule has 0 spiro atoms. The Morgan fingerprint density at radius 1 is 0.512 bits per heavy atom. The molecule has 8 rings (SSSR count). The van der Waals surface area contributed by atoms with Crippen molar-refractivity contribution in [2.75, 3.05) is 0 Å². The first-order valence-corrected chi connectivity index (χ1v) is 14.2. The van der Waals surface area contributed by atoms with Crippen LogP contribution in [-0.2, 0) is 5.41 Å². The first-order chi connectivity index (χ1) is 20.1. The van der Waals surface area contributed by atoms with Crippen LogP contribution in [-0.4, -0.2) is 4.57 Å². The maximum absolute atomic E-state index is 6.37. The lowest BCUT2D eigenvalue weighted by Crippen LogP contribution is -2.24. The van der Waals surface area contributed by atoms with Gasteiger partial charge in [0.05, 0.1) is 11.0 Å². The van der Waals surface area contributed by atoms with Crippen molar-refractivity contribution in [1.82, 2.24) is 4.57 Å². The van der Waals surface area contributed by atoms with Crippen LogP contribution < -0.4 is 4.74 Å². The second-order valence-electron chi connectivity index (χ2n) is 11.4. The van der Waals surface area contributed by atoms with Crippen molar-refractivity contribution in [3.05, 3.63) is 151 Å². The van der Waals surface area contributed by atoms with Gasteiger partial charge < -0.3 is 9.30 Å². The summed E-state index contributed by atoms with van der Waals surface area (Å²) in [6, 6.07) is 50.0. The van der Waals surface area contributed by atoms with E-state index in [1.807, 2.05) is 6.07 Å². The van der Waals surface area contributed by atoms with Crippen molar-refractivity contribution in [2.24, 2.45) is 0 Å². The molecule has 0 radical (unpaired) electrons. The molecule has 0 saturated carbocycles. The predicted molar refractivity (Wildman–Crippen MR) is 170 cm³/mol. The normalized spacial score (nSPS) is 13.5. The third kappa shape index (κ3) is 3.57. The van der Waals surface area contributed by atoms with E-state index in [1.54, 1.807) is 0 Å². The van der Waals surface area contributed by atoms with Crippen LogP contribution >= 0.6 is 0 Å². The fourth-order valence-electron chi connectivity index (χ4n) is 6.66. The topological polar surface area (TPSA) is 14.2 Å². The highest BCUT2D eigenvalue weighted by molar-refractivity contribution is 6.14. The highest BCUT2D eigenvalue weighted by Gasteiger charge is 2.34. The van der Waals surface area contributed by atoms with E-state index in [-0.39, 0.29) is 5.41 Å². The zero-order valence-corrected chi connectivity index (χ0v) is 23.1. The summed E-state index contributed by atoms with van der Waals surface area (Å²) in [5.41, 5.74) is 10.7. The van der Waals surface area contributed by atoms with Crippen molar-refractivity contribution in [2.45, 2.75) is 19.3 Å². The van der Waals surface area contributed by atoms with E-state index in [1.165, 1.54) is 55.2 Å². The van der Waals surface area contributed by atoms with Crippen LogP contribution in [0.25, 0.3) is 49.7 Å². The Morgan fingerprint density at radius 3 is 2.05 bits per heavy atom. The Bertz CT molecular complexity index is 2100. The number of benzene rings is 6. The van der Waals surface area contributed by atoms with Crippen molar-refractivity contribution in [1.29, 1.82) is 0 Å². The van der Waals surface area contributed by atoms with Crippen molar-refractivity contribution in [3.63, 3.8) is 0 Å². The zero-order chi connectivity index (χ0) is 27.6. The zero-order valence-electron chi connectivity index (χ0n) is 23.1. The summed E-state index contributed by atoms with van der Waals surface area (Å²) in [5.74, 6) is 1.87. The largest absolute Gasteiger partial charge is 0.457 e. The average molecular weight is 528 g/mol. The summed E-state index contributed by atoms with van der Waals surface area (Å²) < 4.78 is 8.79. The standard InChI is InChI=1S/C39H29NO/c1-39(2)33-20-9-11-22-36(33)41-37-24-23-26(25-34(37)39)28-15-6-7-16-29(28)31-18-12-19-32-30-17-8-10-21-35(30)40(38(31)32)27-13-4-3-5-14-27/h3-25H,1-2H3. The van der Waals surface area contributed by atoms with Gasteiger partial charge in [-0.15, -0.1) is 0 Å². The number of hydrogen-bond donors (Lipinski definition) is 0. The molecule has 2 nitrogen and oxygen atoms in total. The van der Waals surface area contributed by atoms with Gasteiger partial charge in [0.15, 0.2) is 0 Å². The van der Waals surface area contributed by atoms with E-state index >= 15 is 0 Å². The fraction of sp³-hybridized carbons (Fsp3) is 0.0769. The predicted octanol–water partition coefficient (Wildman–Crippen LogP) is 10.5. The van der Waals surface area contributed by atoms with Gasteiger partial charge in [0.1, 0.15) is 11.5 Å². The first kappa shape index (κ1) is 23.8. The van der Waals surface area contributed by atoms with Gasteiger partial charge in [-0.2, -0.15) is 0 Å². The molecular formula is C39H29NO. The molecule has 0 N–H and O–H groups in total. The Kier molecular flexibility index (Phi) is 5.20. The van der Waals surface area contributed by atoms with Crippen LogP contribution in [0.3, 0.4) is 0 Å². The van der Waals surface area contributed by atoms with Gasteiger partial charge in [-0.3, -0.25) is 0 Å². The molecule has 0 fully saturated rings. The van der Waals surface area contributed by atoms with E-state index < -0.39 is 0 Å². The third-order valence-electron chi connectivity index (χ3n) is 8.67. The van der Waals surface area contributed by atoms with Gasteiger partial charge >= 0.3 is 0 Å². The molecule has 2 heteroatoms. The highest BCUT2D eigenvalue weighted by Crippen LogP contribution is 2.49. The van der Waals surface area contributed by atoms with Crippen LogP contribution in [0.1, 0.15) is 25.0 Å². The minimum absolute atomic E-state index is 0.172. The molecule has 0 atom stereocenters. The molecule has 41 heavy (non-hydrogen) atoms. The molecule has 0 aliphatic carbocycles. The first-order valence-electron chi connectivity index (χ1n) is 14.2. The molecule has 1 aromatic heterocycles. The van der Waals surface area contributed by atoms with Gasteiger partial charge in [-0.05, 0) is 53.1 Å². The molecule has 6 aromatic carbocycles. The van der Waals surface area contributed by atoms with E-state index in [4.69, 9.17) is 4.74 Å². The van der Waals surface area contributed by atoms with Crippen molar-refractivity contribution < 1.29 is 4.74 Å². The Balaban J connectivity index is 1.37. The molecule has 0 amide bonds. The molecule has 2 heterocycles. The van der Waals surface area contributed by atoms with Crippen LogP contribution in [0.2, 0.25) is 0 Å². The number of aromatic nitrogens is 1. The minimum Gasteiger partial charge on any atom is -0.457 e. The summed E-state index contributed by atoms with van der Waals surface area (Å²) in [6.45, 7) is 4.59. The second-order valence-corrected chi connectivity index (χ2v) is 11.4. The maximum atomic E-state index is 6.37. The van der Waals surface area contributed by atoms with Gasteiger partial charge in [-0.25, -0.2) is 0 Å². The van der Waals surface area contributed by atoms with Gasteiger partial charge in [0.25, 0.3) is 0 Å².